The van der Waals surface area contributed by atoms with Crippen LogP contribution >= 0.6 is 0 Å². The van der Waals surface area contributed by atoms with E-state index in [-0.39, 0.29) is 11.4 Å². The van der Waals surface area contributed by atoms with Gasteiger partial charge in [-0.05, 0) is 39.5 Å². The highest BCUT2D eigenvalue weighted by atomic mass is 16.1. The Kier molecular flexibility index (Phi) is 5.96. The van der Waals surface area contributed by atoms with Crippen molar-refractivity contribution in [2.45, 2.75) is 64.8 Å². The van der Waals surface area contributed by atoms with Gasteiger partial charge in [-0.15, -0.1) is 0 Å². The van der Waals surface area contributed by atoms with Crippen LogP contribution in [0.1, 0.15) is 59.3 Å². The van der Waals surface area contributed by atoms with E-state index in [0.717, 1.165) is 18.9 Å². The third kappa shape index (κ3) is 7.37. The van der Waals surface area contributed by atoms with Gasteiger partial charge in [0.1, 0.15) is 0 Å². The molecule has 1 aliphatic carbocycles. The summed E-state index contributed by atoms with van der Waals surface area (Å²) in [6.45, 7) is 7.47. The largest absolute Gasteiger partial charge is 0.355 e. The maximum absolute atomic E-state index is 11.5. The van der Waals surface area contributed by atoms with Crippen molar-refractivity contribution in [1.29, 1.82) is 0 Å². The molecule has 0 heterocycles. The van der Waals surface area contributed by atoms with Gasteiger partial charge in [0.05, 0.1) is 6.54 Å². The molecule has 0 atom stereocenters. The Morgan fingerprint density at radius 2 is 1.88 bits per heavy atom. The fourth-order valence-corrected chi connectivity index (χ4v) is 2.33. The molecule has 1 aliphatic rings. The van der Waals surface area contributed by atoms with E-state index in [4.69, 9.17) is 0 Å². The molecule has 0 aromatic carbocycles. The lowest BCUT2D eigenvalue weighted by Gasteiger charge is -2.20. The van der Waals surface area contributed by atoms with Crippen molar-refractivity contribution in [2.24, 2.45) is 5.92 Å². The van der Waals surface area contributed by atoms with Crippen molar-refractivity contribution in [2.75, 3.05) is 13.1 Å². The van der Waals surface area contributed by atoms with E-state index in [0.29, 0.717) is 6.54 Å². The second-order valence-electron chi connectivity index (χ2n) is 6.25. The summed E-state index contributed by atoms with van der Waals surface area (Å²) in [5.74, 6) is 1.05. The highest BCUT2D eigenvalue weighted by Gasteiger charge is 2.14. The fraction of sp³-hybridized carbons (Fsp3) is 0.929. The number of rotatable bonds is 6. The van der Waals surface area contributed by atoms with Gasteiger partial charge in [-0.2, -0.15) is 0 Å². The van der Waals surface area contributed by atoms with Crippen LogP contribution in [-0.4, -0.2) is 24.5 Å². The highest BCUT2D eigenvalue weighted by Crippen LogP contribution is 2.28. The van der Waals surface area contributed by atoms with Gasteiger partial charge in [0, 0.05) is 12.1 Å². The molecule has 3 heteroatoms. The van der Waals surface area contributed by atoms with Gasteiger partial charge < -0.3 is 10.6 Å². The van der Waals surface area contributed by atoms with Gasteiger partial charge in [-0.3, -0.25) is 4.79 Å². The smallest absolute Gasteiger partial charge is 0.233 e. The van der Waals surface area contributed by atoms with Crippen LogP contribution in [0, 0.1) is 5.92 Å². The average molecular weight is 240 g/mol. The standard InChI is InChI=1S/C14H28N2O/c1-14(2,3)16-11-13(17)15-10-6-9-12-7-4-5-8-12/h12,16H,4-11H2,1-3H3,(H,15,17). The van der Waals surface area contributed by atoms with Crippen LogP contribution < -0.4 is 10.6 Å². The molecule has 0 radical (unpaired) electrons. The number of carbonyl (C=O) groups is 1. The highest BCUT2D eigenvalue weighted by molar-refractivity contribution is 5.78. The van der Waals surface area contributed by atoms with E-state index >= 15 is 0 Å². The molecule has 0 bridgehead atoms. The van der Waals surface area contributed by atoms with Crippen LogP contribution in [0.15, 0.2) is 0 Å². The van der Waals surface area contributed by atoms with Crippen molar-refractivity contribution in [3.8, 4) is 0 Å². The van der Waals surface area contributed by atoms with Crippen molar-refractivity contribution in [1.82, 2.24) is 10.6 Å². The van der Waals surface area contributed by atoms with E-state index in [1.54, 1.807) is 0 Å². The van der Waals surface area contributed by atoms with Crippen molar-refractivity contribution in [3.63, 3.8) is 0 Å². The number of carbonyl (C=O) groups excluding carboxylic acids is 1. The third-order valence-electron chi connectivity index (χ3n) is 3.37. The van der Waals surface area contributed by atoms with Crippen LogP contribution in [0.3, 0.4) is 0 Å². The molecule has 100 valence electrons. The van der Waals surface area contributed by atoms with E-state index in [2.05, 4.69) is 31.4 Å². The van der Waals surface area contributed by atoms with Crippen molar-refractivity contribution < 1.29 is 4.79 Å². The molecule has 0 aromatic rings. The van der Waals surface area contributed by atoms with Gasteiger partial charge >= 0.3 is 0 Å². The summed E-state index contributed by atoms with van der Waals surface area (Å²) in [6, 6.07) is 0. The number of amides is 1. The second-order valence-corrected chi connectivity index (χ2v) is 6.25. The lowest BCUT2D eigenvalue weighted by atomic mass is 10.0. The molecule has 0 saturated heterocycles. The molecule has 3 nitrogen and oxygen atoms in total. The minimum atomic E-state index is 0.0151. The van der Waals surface area contributed by atoms with E-state index in [9.17, 15) is 4.79 Å². The van der Waals surface area contributed by atoms with Gasteiger partial charge in [-0.1, -0.05) is 25.7 Å². The topological polar surface area (TPSA) is 41.1 Å². The van der Waals surface area contributed by atoms with Crippen molar-refractivity contribution in [3.05, 3.63) is 0 Å². The Morgan fingerprint density at radius 1 is 1.24 bits per heavy atom. The summed E-state index contributed by atoms with van der Waals surface area (Å²) >= 11 is 0. The van der Waals surface area contributed by atoms with Crippen LogP contribution in [0.5, 0.6) is 0 Å². The molecule has 1 saturated carbocycles. The second kappa shape index (κ2) is 7.00. The fourth-order valence-electron chi connectivity index (χ4n) is 2.33. The molecule has 0 spiro atoms. The molecule has 17 heavy (non-hydrogen) atoms. The monoisotopic (exact) mass is 240 g/mol. The molecule has 1 fully saturated rings. The van der Waals surface area contributed by atoms with Gasteiger partial charge in [0.2, 0.25) is 5.91 Å². The van der Waals surface area contributed by atoms with Crippen LogP contribution in [-0.2, 0) is 4.79 Å². The van der Waals surface area contributed by atoms with Gasteiger partial charge in [0.25, 0.3) is 0 Å². The molecule has 1 amide bonds. The molecule has 0 unspecified atom stereocenters. The Morgan fingerprint density at radius 3 is 2.47 bits per heavy atom. The summed E-state index contributed by atoms with van der Waals surface area (Å²) in [6.07, 6.45) is 8.04. The van der Waals surface area contributed by atoms with Crippen molar-refractivity contribution >= 4 is 5.91 Å². The lowest BCUT2D eigenvalue weighted by molar-refractivity contribution is -0.120. The number of nitrogens with one attached hydrogen (secondary N) is 2. The van der Waals surface area contributed by atoms with Gasteiger partial charge in [0.15, 0.2) is 0 Å². The van der Waals surface area contributed by atoms with Gasteiger partial charge in [-0.25, -0.2) is 0 Å². The summed E-state index contributed by atoms with van der Waals surface area (Å²) in [5, 5.41) is 6.17. The van der Waals surface area contributed by atoms with E-state index in [1.807, 2.05) is 0 Å². The Balaban J connectivity index is 1.96. The minimum absolute atomic E-state index is 0.0151. The maximum Gasteiger partial charge on any atom is 0.233 e. The Labute approximate surface area is 106 Å². The molecule has 0 aromatic heterocycles. The van der Waals surface area contributed by atoms with E-state index in [1.165, 1.54) is 32.1 Å². The molecular formula is C14H28N2O. The first kappa shape index (κ1) is 14.5. The summed E-state index contributed by atoms with van der Waals surface area (Å²) < 4.78 is 0. The predicted molar refractivity (Wildman–Crippen MR) is 72.0 cm³/mol. The predicted octanol–water partition coefficient (Wildman–Crippen LogP) is 2.46. The summed E-state index contributed by atoms with van der Waals surface area (Å²) in [4.78, 5) is 11.5. The first-order valence-corrected chi connectivity index (χ1v) is 6.99. The van der Waals surface area contributed by atoms with E-state index < -0.39 is 0 Å². The first-order valence-electron chi connectivity index (χ1n) is 6.99. The zero-order valence-electron chi connectivity index (χ0n) is 11.6. The minimum Gasteiger partial charge on any atom is -0.355 e. The van der Waals surface area contributed by atoms with Crippen LogP contribution in [0.25, 0.3) is 0 Å². The quantitative estimate of drug-likeness (QED) is 0.700. The first-order chi connectivity index (χ1) is 7.97. The number of hydrogen-bond acceptors (Lipinski definition) is 2. The molecule has 0 aliphatic heterocycles. The average Bonchev–Trinajstić information content (AvgIpc) is 2.73. The Bertz CT molecular complexity index is 227. The maximum atomic E-state index is 11.5. The summed E-state index contributed by atoms with van der Waals surface area (Å²) in [7, 11) is 0. The molecule has 1 rings (SSSR count). The normalized spacial score (nSPS) is 17.4. The number of hydrogen-bond donors (Lipinski definition) is 2. The Hall–Kier alpha value is -0.570. The SMILES string of the molecule is CC(C)(C)NCC(=O)NCCCC1CCCC1. The lowest BCUT2D eigenvalue weighted by Crippen LogP contribution is -2.43. The van der Waals surface area contributed by atoms with Crippen LogP contribution in [0.4, 0.5) is 0 Å². The molecule has 2 N–H and O–H groups in total. The molecular weight excluding hydrogens is 212 g/mol. The van der Waals surface area contributed by atoms with Crippen LogP contribution in [0.2, 0.25) is 0 Å². The zero-order chi connectivity index (χ0) is 12.7. The third-order valence-corrected chi connectivity index (χ3v) is 3.37. The zero-order valence-corrected chi connectivity index (χ0v) is 11.6. The summed E-state index contributed by atoms with van der Waals surface area (Å²) in [5.41, 5.74) is 0.0151.